The van der Waals surface area contributed by atoms with Crippen molar-refractivity contribution in [3.05, 3.63) is 68.4 Å². The van der Waals surface area contributed by atoms with E-state index in [1.165, 1.54) is 11.8 Å². The summed E-state index contributed by atoms with van der Waals surface area (Å²) in [5.74, 6) is 0.340. The number of benzene rings is 1. The van der Waals surface area contributed by atoms with Crippen LogP contribution in [0.4, 0.5) is 0 Å². The number of hydrogen-bond donors (Lipinski definition) is 1. The van der Waals surface area contributed by atoms with Gasteiger partial charge >= 0.3 is 5.97 Å². The number of cyclic esters (lactones) is 1. The van der Waals surface area contributed by atoms with E-state index in [2.05, 4.69) is 0 Å². The Morgan fingerprint density at radius 2 is 2.14 bits per heavy atom. The summed E-state index contributed by atoms with van der Waals surface area (Å²) < 4.78 is 5.49. The summed E-state index contributed by atoms with van der Waals surface area (Å²) in [5, 5.41) is 12.2. The molecule has 22 heavy (non-hydrogen) atoms. The largest absolute Gasteiger partial charge is 0.511 e. The van der Waals surface area contributed by atoms with Gasteiger partial charge in [0.25, 0.3) is 0 Å². The van der Waals surface area contributed by atoms with Crippen molar-refractivity contribution in [3.63, 3.8) is 0 Å². The lowest BCUT2D eigenvalue weighted by atomic mass is 10.1. The number of aryl methyl sites for hydroxylation is 1. The summed E-state index contributed by atoms with van der Waals surface area (Å²) in [6.45, 7) is 2.00. The molecule has 1 atom stereocenters. The first-order valence-electron chi connectivity index (χ1n) is 6.98. The molecule has 2 heterocycles. The minimum absolute atomic E-state index is 0.133. The minimum atomic E-state index is -0.430. The van der Waals surface area contributed by atoms with Gasteiger partial charge in [0.1, 0.15) is 16.8 Å². The standard InChI is InChI=1S/C17H16O3S2/c1-11-7-15(21-9-11)14-8-13(18)16(17(19)20-14)22-10-12-5-3-2-4-6-12/h2-7,9,14,18H,8,10H2,1H3. The third-order valence-corrected chi connectivity index (χ3v) is 5.68. The lowest BCUT2D eigenvalue weighted by molar-refractivity contribution is -0.145. The number of carbonyl (C=O) groups excluding carboxylic acids is 1. The molecule has 0 saturated carbocycles. The van der Waals surface area contributed by atoms with E-state index in [0.29, 0.717) is 17.1 Å². The van der Waals surface area contributed by atoms with Crippen LogP contribution in [0.3, 0.4) is 0 Å². The van der Waals surface area contributed by atoms with E-state index in [4.69, 9.17) is 4.74 Å². The highest BCUT2D eigenvalue weighted by molar-refractivity contribution is 8.03. The summed E-state index contributed by atoms with van der Waals surface area (Å²) in [7, 11) is 0. The molecule has 1 N–H and O–H groups in total. The Bertz CT molecular complexity index is 704. The zero-order chi connectivity index (χ0) is 15.5. The molecule has 5 heteroatoms. The molecule has 1 aromatic heterocycles. The van der Waals surface area contributed by atoms with E-state index in [1.807, 2.05) is 48.7 Å². The second-order valence-corrected chi connectivity index (χ2v) is 7.10. The van der Waals surface area contributed by atoms with Crippen molar-refractivity contribution in [2.24, 2.45) is 0 Å². The highest BCUT2D eigenvalue weighted by atomic mass is 32.2. The first-order chi connectivity index (χ1) is 10.6. The van der Waals surface area contributed by atoms with E-state index >= 15 is 0 Å². The Morgan fingerprint density at radius 3 is 2.77 bits per heavy atom. The van der Waals surface area contributed by atoms with Gasteiger partial charge in [-0.2, -0.15) is 0 Å². The maximum absolute atomic E-state index is 12.2. The average Bonchev–Trinajstić information content (AvgIpc) is 2.94. The van der Waals surface area contributed by atoms with E-state index in [9.17, 15) is 9.90 Å². The number of rotatable bonds is 4. The van der Waals surface area contributed by atoms with Crippen molar-refractivity contribution in [3.8, 4) is 0 Å². The zero-order valence-electron chi connectivity index (χ0n) is 12.1. The Balaban J connectivity index is 1.71. The maximum atomic E-state index is 12.2. The molecule has 1 aliphatic rings. The van der Waals surface area contributed by atoms with Crippen molar-refractivity contribution in [1.82, 2.24) is 0 Å². The summed E-state index contributed by atoms with van der Waals surface area (Å²) in [5.41, 5.74) is 2.25. The normalized spacial score (nSPS) is 18.4. The molecule has 1 unspecified atom stereocenters. The van der Waals surface area contributed by atoms with Crippen molar-refractivity contribution in [2.45, 2.75) is 25.2 Å². The van der Waals surface area contributed by atoms with Crippen LogP contribution in [-0.2, 0) is 15.3 Å². The average molecular weight is 332 g/mol. The summed E-state index contributed by atoms with van der Waals surface area (Å²) in [6, 6.07) is 11.9. The fourth-order valence-electron chi connectivity index (χ4n) is 2.26. The van der Waals surface area contributed by atoms with Crippen LogP contribution in [0.1, 0.15) is 28.5 Å². The van der Waals surface area contributed by atoms with Crippen LogP contribution in [0.15, 0.2) is 52.4 Å². The van der Waals surface area contributed by atoms with Gasteiger partial charge in [-0.3, -0.25) is 0 Å². The molecule has 0 spiro atoms. The van der Waals surface area contributed by atoms with Crippen LogP contribution in [0.5, 0.6) is 0 Å². The first-order valence-corrected chi connectivity index (χ1v) is 8.85. The first kappa shape index (κ1) is 15.2. The van der Waals surface area contributed by atoms with Gasteiger partial charge in [0.15, 0.2) is 0 Å². The Labute approximate surface area is 137 Å². The Kier molecular flexibility index (Phi) is 4.55. The summed E-state index contributed by atoms with van der Waals surface area (Å²) >= 11 is 2.88. The fourth-order valence-corrected chi connectivity index (χ4v) is 4.11. The zero-order valence-corrected chi connectivity index (χ0v) is 13.7. The van der Waals surface area contributed by atoms with E-state index in [1.54, 1.807) is 11.3 Å². The smallest absolute Gasteiger partial charge is 0.348 e. The molecule has 1 aliphatic heterocycles. The number of aliphatic hydroxyl groups excluding tert-OH is 1. The molecular formula is C17H16O3S2. The maximum Gasteiger partial charge on any atom is 0.348 e. The molecule has 0 radical (unpaired) electrons. The number of esters is 1. The fraction of sp³-hybridized carbons (Fsp3) is 0.235. The second kappa shape index (κ2) is 6.58. The Morgan fingerprint density at radius 1 is 1.36 bits per heavy atom. The van der Waals surface area contributed by atoms with Crippen LogP contribution in [0.2, 0.25) is 0 Å². The van der Waals surface area contributed by atoms with Crippen LogP contribution >= 0.6 is 23.1 Å². The van der Waals surface area contributed by atoms with Gasteiger partial charge in [-0.05, 0) is 29.5 Å². The third-order valence-electron chi connectivity index (χ3n) is 3.37. The second-order valence-electron chi connectivity index (χ2n) is 5.17. The predicted molar refractivity (Wildman–Crippen MR) is 89.9 cm³/mol. The minimum Gasteiger partial charge on any atom is -0.511 e. The van der Waals surface area contributed by atoms with Crippen molar-refractivity contribution in [2.75, 3.05) is 0 Å². The summed E-state index contributed by atoms with van der Waals surface area (Å²) in [6.07, 6.45) is -0.0182. The molecule has 0 aliphatic carbocycles. The number of ether oxygens (including phenoxy) is 1. The Hall–Kier alpha value is -1.72. The third kappa shape index (κ3) is 3.36. The quantitative estimate of drug-likeness (QED) is 0.821. The van der Waals surface area contributed by atoms with Crippen LogP contribution < -0.4 is 0 Å². The molecule has 0 amide bonds. The number of thiophene rings is 1. The highest BCUT2D eigenvalue weighted by Crippen LogP contribution is 2.38. The van der Waals surface area contributed by atoms with Gasteiger partial charge in [-0.15, -0.1) is 23.1 Å². The number of aliphatic hydroxyl groups is 1. The van der Waals surface area contributed by atoms with Crippen molar-refractivity contribution < 1.29 is 14.6 Å². The van der Waals surface area contributed by atoms with Gasteiger partial charge in [0, 0.05) is 17.1 Å². The van der Waals surface area contributed by atoms with Gasteiger partial charge < -0.3 is 9.84 Å². The number of carbonyl (C=O) groups is 1. The van der Waals surface area contributed by atoms with Crippen LogP contribution in [0, 0.1) is 6.92 Å². The van der Waals surface area contributed by atoms with Crippen molar-refractivity contribution in [1.29, 1.82) is 0 Å². The molecule has 3 nitrogen and oxygen atoms in total. The molecular weight excluding hydrogens is 316 g/mol. The number of thioether (sulfide) groups is 1. The SMILES string of the molecule is Cc1csc(C2CC(O)=C(SCc3ccccc3)C(=O)O2)c1. The van der Waals surface area contributed by atoms with Gasteiger partial charge in [0.2, 0.25) is 0 Å². The molecule has 0 bridgehead atoms. The van der Waals surface area contributed by atoms with Gasteiger partial charge in [-0.25, -0.2) is 4.79 Å². The monoisotopic (exact) mass is 332 g/mol. The van der Waals surface area contributed by atoms with Crippen molar-refractivity contribution >= 4 is 29.1 Å². The van der Waals surface area contributed by atoms with Gasteiger partial charge in [0.05, 0.1) is 0 Å². The molecule has 2 aromatic rings. The molecule has 0 fully saturated rings. The van der Waals surface area contributed by atoms with E-state index < -0.39 is 5.97 Å². The molecule has 3 rings (SSSR count). The molecule has 0 saturated heterocycles. The lowest BCUT2D eigenvalue weighted by Crippen LogP contribution is -2.19. The topological polar surface area (TPSA) is 46.5 Å². The highest BCUT2D eigenvalue weighted by Gasteiger charge is 2.31. The van der Waals surface area contributed by atoms with Crippen LogP contribution in [0.25, 0.3) is 0 Å². The summed E-state index contributed by atoms with van der Waals surface area (Å²) in [4.78, 5) is 13.5. The lowest BCUT2D eigenvalue weighted by Gasteiger charge is -2.23. The van der Waals surface area contributed by atoms with Gasteiger partial charge in [-0.1, -0.05) is 30.3 Å². The number of hydrogen-bond acceptors (Lipinski definition) is 5. The van der Waals surface area contributed by atoms with E-state index in [0.717, 1.165) is 16.0 Å². The van der Waals surface area contributed by atoms with Crippen LogP contribution in [-0.4, -0.2) is 11.1 Å². The molecule has 114 valence electrons. The predicted octanol–water partition coefficient (Wildman–Crippen LogP) is 4.75. The molecule has 1 aromatic carbocycles. The van der Waals surface area contributed by atoms with E-state index in [-0.39, 0.29) is 11.9 Å².